The second-order valence-corrected chi connectivity index (χ2v) is 4.52. The van der Waals surface area contributed by atoms with Gasteiger partial charge in [0.2, 0.25) is 0 Å². The van der Waals surface area contributed by atoms with E-state index >= 15 is 0 Å². The van der Waals surface area contributed by atoms with Gasteiger partial charge in [0.15, 0.2) is 0 Å². The highest BCUT2D eigenvalue weighted by molar-refractivity contribution is 5.64. The Hall–Kier alpha value is -0.590. The maximum absolute atomic E-state index is 10.1. The summed E-state index contributed by atoms with van der Waals surface area (Å²) in [5, 5.41) is 0. The first kappa shape index (κ1) is 9.50. The molecule has 0 saturated heterocycles. The van der Waals surface area contributed by atoms with Gasteiger partial charge in [-0.05, 0) is 43.1 Å². The lowest BCUT2D eigenvalue weighted by Crippen LogP contribution is -2.20. The van der Waals surface area contributed by atoms with Crippen molar-refractivity contribution in [2.24, 2.45) is 11.3 Å². The lowest BCUT2D eigenvalue weighted by atomic mass is 9.73. The Balaban J connectivity index is 2.36. The summed E-state index contributed by atoms with van der Waals surface area (Å²) >= 11 is 0. The molecule has 0 atom stereocenters. The average Bonchev–Trinajstić information content (AvgIpc) is 2.03. The molecule has 1 fully saturated rings. The first-order valence-electron chi connectivity index (χ1n) is 4.76. The quantitative estimate of drug-likeness (QED) is 0.455. The van der Waals surface area contributed by atoms with Gasteiger partial charge in [0.1, 0.15) is 6.29 Å². The predicted molar refractivity (Wildman–Crippen MR) is 50.9 cm³/mol. The Morgan fingerprint density at radius 1 is 1.25 bits per heavy atom. The van der Waals surface area contributed by atoms with Crippen LogP contribution in [0.1, 0.15) is 39.5 Å². The lowest BCUT2D eigenvalue weighted by Gasteiger charge is -2.32. The fraction of sp³-hybridized carbons (Fsp3) is 0.727. The molecule has 1 rings (SSSR count). The number of hydrogen-bond acceptors (Lipinski definition) is 1. The molecule has 0 aromatic rings. The van der Waals surface area contributed by atoms with E-state index in [0.717, 1.165) is 6.29 Å². The Morgan fingerprint density at radius 3 is 2.33 bits per heavy atom. The maximum atomic E-state index is 10.1. The van der Waals surface area contributed by atoms with Gasteiger partial charge >= 0.3 is 0 Å². The minimum atomic E-state index is 0.533. The third-order valence-electron chi connectivity index (χ3n) is 2.85. The number of rotatable bonds is 2. The molecule has 0 heterocycles. The summed E-state index contributed by atoms with van der Waals surface area (Å²) < 4.78 is 0. The van der Waals surface area contributed by atoms with E-state index in [0.29, 0.717) is 11.3 Å². The molecule has 0 unspecified atom stereocenters. The van der Waals surface area contributed by atoms with E-state index < -0.39 is 0 Å². The minimum Gasteiger partial charge on any atom is -0.299 e. The second kappa shape index (κ2) is 3.88. The Bertz CT molecular complexity index is 169. The largest absolute Gasteiger partial charge is 0.299 e. The van der Waals surface area contributed by atoms with E-state index in [1.165, 1.54) is 25.7 Å². The van der Waals surface area contributed by atoms with Gasteiger partial charge in [-0.2, -0.15) is 0 Å². The van der Waals surface area contributed by atoms with E-state index in [4.69, 9.17) is 0 Å². The Morgan fingerprint density at radius 2 is 1.83 bits per heavy atom. The molecule has 0 aromatic carbocycles. The number of allylic oxidation sites excluding steroid dienone is 2. The summed E-state index contributed by atoms with van der Waals surface area (Å²) in [7, 11) is 0. The summed E-state index contributed by atoms with van der Waals surface area (Å²) in [6.07, 6.45) is 9.65. The average molecular weight is 166 g/mol. The third kappa shape index (κ3) is 2.80. The number of aldehydes is 1. The van der Waals surface area contributed by atoms with Crippen LogP contribution in [0.3, 0.4) is 0 Å². The molecule has 1 aliphatic carbocycles. The van der Waals surface area contributed by atoms with Crippen LogP contribution >= 0.6 is 0 Å². The van der Waals surface area contributed by atoms with Crippen molar-refractivity contribution in [3.63, 3.8) is 0 Å². The number of hydrogen-bond donors (Lipinski definition) is 0. The van der Waals surface area contributed by atoms with Crippen LogP contribution in [-0.2, 0) is 4.79 Å². The highest BCUT2D eigenvalue weighted by Gasteiger charge is 2.25. The summed E-state index contributed by atoms with van der Waals surface area (Å²) in [6.45, 7) is 4.65. The molecule has 1 aliphatic rings. The van der Waals surface area contributed by atoms with Crippen molar-refractivity contribution in [3.8, 4) is 0 Å². The fourth-order valence-electron chi connectivity index (χ4n) is 1.82. The van der Waals surface area contributed by atoms with E-state index in [9.17, 15) is 4.79 Å². The molecule has 0 spiro atoms. The van der Waals surface area contributed by atoms with Crippen LogP contribution in [0, 0.1) is 11.3 Å². The molecule has 1 nitrogen and oxygen atoms in total. The van der Waals surface area contributed by atoms with Gasteiger partial charge in [0, 0.05) is 0 Å². The zero-order valence-electron chi connectivity index (χ0n) is 8.05. The van der Waals surface area contributed by atoms with Crippen LogP contribution in [-0.4, -0.2) is 6.29 Å². The minimum absolute atomic E-state index is 0.533. The zero-order chi connectivity index (χ0) is 9.03. The smallest absolute Gasteiger partial charge is 0.142 e. The van der Waals surface area contributed by atoms with Gasteiger partial charge in [-0.1, -0.05) is 19.9 Å². The predicted octanol–water partition coefficient (Wildman–Crippen LogP) is 2.96. The molecular formula is C11H18O. The van der Waals surface area contributed by atoms with Crippen LogP contribution in [0.4, 0.5) is 0 Å². The molecule has 0 aromatic heterocycles. The molecule has 68 valence electrons. The normalized spacial score (nSPS) is 24.5. The standard InChI is InChI=1S/C11H18O/c1-11(2)7-5-10(6-8-11)4-3-9-12/h3-4,9-10H,5-8H2,1-2H3/b4-3+. The highest BCUT2D eigenvalue weighted by Crippen LogP contribution is 2.38. The van der Waals surface area contributed by atoms with Crippen LogP contribution in [0.25, 0.3) is 0 Å². The first-order valence-corrected chi connectivity index (χ1v) is 4.76. The number of carbonyl (C=O) groups is 1. The van der Waals surface area contributed by atoms with E-state index in [2.05, 4.69) is 19.9 Å². The Labute approximate surface area is 74.9 Å². The highest BCUT2D eigenvalue weighted by atomic mass is 16.1. The Kier molecular flexibility index (Phi) is 3.07. The molecular weight excluding hydrogens is 148 g/mol. The second-order valence-electron chi connectivity index (χ2n) is 4.52. The van der Waals surface area contributed by atoms with Crippen molar-refractivity contribution in [3.05, 3.63) is 12.2 Å². The van der Waals surface area contributed by atoms with E-state index in [1.54, 1.807) is 6.08 Å². The summed E-state index contributed by atoms with van der Waals surface area (Å²) in [6, 6.07) is 0. The van der Waals surface area contributed by atoms with E-state index in [1.807, 2.05) is 0 Å². The first-order chi connectivity index (χ1) is 5.64. The molecule has 1 saturated carbocycles. The molecule has 0 amide bonds. The lowest BCUT2D eigenvalue weighted by molar-refractivity contribution is -0.104. The monoisotopic (exact) mass is 166 g/mol. The van der Waals surface area contributed by atoms with Crippen LogP contribution in [0.5, 0.6) is 0 Å². The zero-order valence-corrected chi connectivity index (χ0v) is 8.05. The van der Waals surface area contributed by atoms with Crippen molar-refractivity contribution < 1.29 is 4.79 Å². The van der Waals surface area contributed by atoms with Crippen molar-refractivity contribution in [2.75, 3.05) is 0 Å². The van der Waals surface area contributed by atoms with Crippen molar-refractivity contribution >= 4 is 6.29 Å². The summed E-state index contributed by atoms with van der Waals surface area (Å²) in [4.78, 5) is 10.1. The van der Waals surface area contributed by atoms with Crippen molar-refractivity contribution in [1.82, 2.24) is 0 Å². The molecule has 0 bridgehead atoms. The van der Waals surface area contributed by atoms with Crippen LogP contribution < -0.4 is 0 Å². The van der Waals surface area contributed by atoms with Crippen molar-refractivity contribution in [2.45, 2.75) is 39.5 Å². The topological polar surface area (TPSA) is 17.1 Å². The third-order valence-corrected chi connectivity index (χ3v) is 2.85. The van der Waals surface area contributed by atoms with Gasteiger partial charge < -0.3 is 0 Å². The van der Waals surface area contributed by atoms with E-state index in [-0.39, 0.29) is 0 Å². The number of carbonyl (C=O) groups excluding carboxylic acids is 1. The van der Waals surface area contributed by atoms with Gasteiger partial charge in [0.25, 0.3) is 0 Å². The molecule has 1 heteroatoms. The molecule has 0 aliphatic heterocycles. The molecule has 0 N–H and O–H groups in total. The van der Waals surface area contributed by atoms with Crippen molar-refractivity contribution in [1.29, 1.82) is 0 Å². The van der Waals surface area contributed by atoms with Gasteiger partial charge in [-0.15, -0.1) is 0 Å². The fourth-order valence-corrected chi connectivity index (χ4v) is 1.82. The van der Waals surface area contributed by atoms with Crippen LogP contribution in [0.15, 0.2) is 12.2 Å². The van der Waals surface area contributed by atoms with Gasteiger partial charge in [0.05, 0.1) is 0 Å². The molecule has 12 heavy (non-hydrogen) atoms. The maximum Gasteiger partial charge on any atom is 0.142 e. The summed E-state index contributed by atoms with van der Waals surface area (Å²) in [5.41, 5.74) is 0.533. The summed E-state index contributed by atoms with van der Waals surface area (Å²) in [5.74, 6) is 0.656. The SMILES string of the molecule is CC1(C)CCC(/C=C/C=O)CC1. The van der Waals surface area contributed by atoms with Gasteiger partial charge in [-0.25, -0.2) is 0 Å². The molecule has 0 radical (unpaired) electrons. The van der Waals surface area contributed by atoms with Gasteiger partial charge in [-0.3, -0.25) is 4.79 Å². The van der Waals surface area contributed by atoms with Crippen LogP contribution in [0.2, 0.25) is 0 Å².